The normalized spacial score (nSPS) is 12.2. The number of nitrogens with zero attached hydrogens (tertiary/aromatic N) is 2. The van der Waals surface area contributed by atoms with Crippen molar-refractivity contribution in [1.29, 1.82) is 0 Å². The lowest BCUT2D eigenvalue weighted by atomic mass is 10.3. The van der Waals surface area contributed by atoms with Crippen LogP contribution in [0.2, 0.25) is 0 Å². The van der Waals surface area contributed by atoms with Crippen LogP contribution >= 0.6 is 11.3 Å². The summed E-state index contributed by atoms with van der Waals surface area (Å²) in [5.74, 6) is -1.07. The second-order valence-electron chi connectivity index (χ2n) is 3.85. The van der Waals surface area contributed by atoms with Crippen LogP contribution in [0, 0.1) is 12.9 Å². The van der Waals surface area contributed by atoms with Crippen LogP contribution in [0.5, 0.6) is 0 Å². The SMILES string of the molecule is Cc1cnc(C(C)NC(=O)c2cccc(F)n2)s1. The molecule has 0 spiro atoms. The molecule has 1 N–H and O–H groups in total. The van der Waals surface area contributed by atoms with Crippen LogP contribution in [0.25, 0.3) is 0 Å². The minimum Gasteiger partial charge on any atom is -0.342 e. The number of carbonyl (C=O) groups excluding carboxylic acids is 1. The quantitative estimate of drug-likeness (QED) is 0.867. The Morgan fingerprint density at radius 1 is 1.50 bits per heavy atom. The predicted molar refractivity (Wildman–Crippen MR) is 66.9 cm³/mol. The van der Waals surface area contributed by atoms with Gasteiger partial charge in [-0.2, -0.15) is 4.39 Å². The first kappa shape index (κ1) is 12.6. The van der Waals surface area contributed by atoms with Gasteiger partial charge in [0, 0.05) is 11.1 Å². The number of carbonyl (C=O) groups is 1. The molecule has 0 bridgehead atoms. The fraction of sp³-hybridized carbons (Fsp3) is 0.250. The van der Waals surface area contributed by atoms with Gasteiger partial charge in [0.2, 0.25) is 5.95 Å². The van der Waals surface area contributed by atoms with E-state index in [1.165, 1.54) is 29.5 Å². The van der Waals surface area contributed by atoms with Gasteiger partial charge in [-0.1, -0.05) is 6.07 Å². The van der Waals surface area contributed by atoms with E-state index in [2.05, 4.69) is 15.3 Å². The van der Waals surface area contributed by atoms with Gasteiger partial charge < -0.3 is 5.32 Å². The van der Waals surface area contributed by atoms with Gasteiger partial charge in [-0.3, -0.25) is 4.79 Å². The Balaban J connectivity index is 2.08. The lowest BCUT2D eigenvalue weighted by Gasteiger charge is -2.10. The van der Waals surface area contributed by atoms with Crippen LogP contribution < -0.4 is 5.32 Å². The first-order valence-corrected chi connectivity index (χ1v) is 6.23. The van der Waals surface area contributed by atoms with Gasteiger partial charge in [-0.05, 0) is 26.0 Å². The molecule has 2 heterocycles. The van der Waals surface area contributed by atoms with E-state index in [0.717, 1.165) is 9.88 Å². The highest BCUT2D eigenvalue weighted by Gasteiger charge is 2.15. The maximum absolute atomic E-state index is 12.9. The molecule has 0 fully saturated rings. The third-order valence-electron chi connectivity index (χ3n) is 2.30. The third kappa shape index (κ3) is 2.89. The molecular weight excluding hydrogens is 253 g/mol. The summed E-state index contributed by atoms with van der Waals surface area (Å²) in [4.78, 5) is 20.6. The number of thiazole rings is 1. The topological polar surface area (TPSA) is 54.9 Å². The van der Waals surface area contributed by atoms with Crippen molar-refractivity contribution in [2.24, 2.45) is 0 Å². The average molecular weight is 265 g/mol. The zero-order valence-corrected chi connectivity index (χ0v) is 10.8. The summed E-state index contributed by atoms with van der Waals surface area (Å²) in [5, 5.41) is 3.55. The van der Waals surface area contributed by atoms with Crippen molar-refractivity contribution < 1.29 is 9.18 Å². The second-order valence-corrected chi connectivity index (χ2v) is 5.12. The Bertz CT molecular complexity index is 570. The Kier molecular flexibility index (Phi) is 3.66. The predicted octanol–water partition coefficient (Wildman–Crippen LogP) is 2.48. The molecule has 0 aliphatic rings. The molecule has 0 aliphatic heterocycles. The van der Waals surface area contributed by atoms with E-state index >= 15 is 0 Å². The van der Waals surface area contributed by atoms with Gasteiger partial charge >= 0.3 is 0 Å². The van der Waals surface area contributed by atoms with Gasteiger partial charge in [0.05, 0.1) is 6.04 Å². The van der Waals surface area contributed by atoms with Gasteiger partial charge in [0.25, 0.3) is 5.91 Å². The van der Waals surface area contributed by atoms with Crippen LogP contribution in [0.3, 0.4) is 0 Å². The highest BCUT2D eigenvalue weighted by atomic mass is 32.1. The number of amides is 1. The van der Waals surface area contributed by atoms with Crippen molar-refractivity contribution in [1.82, 2.24) is 15.3 Å². The van der Waals surface area contributed by atoms with Crippen LogP contribution in [0.15, 0.2) is 24.4 Å². The fourth-order valence-electron chi connectivity index (χ4n) is 1.44. The number of halogens is 1. The summed E-state index contributed by atoms with van der Waals surface area (Å²) in [6, 6.07) is 3.90. The van der Waals surface area contributed by atoms with Gasteiger partial charge in [-0.15, -0.1) is 11.3 Å². The summed E-state index contributed by atoms with van der Waals surface area (Å²) in [5.41, 5.74) is 0.0649. The highest BCUT2D eigenvalue weighted by Crippen LogP contribution is 2.19. The molecule has 4 nitrogen and oxygen atoms in total. The molecule has 0 radical (unpaired) electrons. The molecule has 0 aromatic carbocycles. The standard InChI is InChI=1S/C12H12FN3OS/c1-7-6-14-12(18-7)8(2)15-11(17)9-4-3-5-10(13)16-9/h3-6,8H,1-2H3,(H,15,17). The number of hydrogen-bond donors (Lipinski definition) is 1. The van der Waals surface area contributed by atoms with Crippen molar-refractivity contribution >= 4 is 17.2 Å². The summed E-state index contributed by atoms with van der Waals surface area (Å²) >= 11 is 1.52. The molecule has 0 saturated heterocycles. The molecule has 6 heteroatoms. The number of rotatable bonds is 3. The molecule has 1 amide bonds. The molecule has 1 unspecified atom stereocenters. The summed E-state index contributed by atoms with van der Waals surface area (Å²) in [6.07, 6.45) is 1.75. The lowest BCUT2D eigenvalue weighted by Crippen LogP contribution is -2.27. The molecule has 1 atom stereocenters. The summed E-state index contributed by atoms with van der Waals surface area (Å²) < 4.78 is 12.9. The van der Waals surface area contributed by atoms with Crippen molar-refractivity contribution in [2.45, 2.75) is 19.9 Å². The zero-order valence-electron chi connectivity index (χ0n) is 9.98. The maximum Gasteiger partial charge on any atom is 0.270 e. The average Bonchev–Trinajstić information content (AvgIpc) is 2.76. The highest BCUT2D eigenvalue weighted by molar-refractivity contribution is 7.11. The van der Waals surface area contributed by atoms with E-state index in [1.807, 2.05) is 13.8 Å². The summed E-state index contributed by atoms with van der Waals surface area (Å²) in [6.45, 7) is 3.78. The zero-order chi connectivity index (χ0) is 13.1. The number of pyridine rings is 1. The van der Waals surface area contributed by atoms with Gasteiger partial charge in [-0.25, -0.2) is 9.97 Å². The van der Waals surface area contributed by atoms with Crippen LogP contribution in [-0.4, -0.2) is 15.9 Å². The Hall–Kier alpha value is -1.82. The van der Waals surface area contributed by atoms with Crippen molar-refractivity contribution in [3.8, 4) is 0 Å². The monoisotopic (exact) mass is 265 g/mol. The van der Waals surface area contributed by atoms with Crippen molar-refractivity contribution in [2.75, 3.05) is 0 Å². The number of aryl methyl sites for hydroxylation is 1. The van der Waals surface area contributed by atoms with Crippen LogP contribution in [0.4, 0.5) is 4.39 Å². The Morgan fingerprint density at radius 2 is 2.28 bits per heavy atom. The first-order valence-electron chi connectivity index (χ1n) is 5.42. The van der Waals surface area contributed by atoms with Crippen LogP contribution in [0.1, 0.15) is 33.3 Å². The molecule has 2 aromatic heterocycles. The third-order valence-corrected chi connectivity index (χ3v) is 3.40. The second kappa shape index (κ2) is 5.22. The minimum atomic E-state index is -0.666. The van der Waals surface area contributed by atoms with E-state index in [9.17, 15) is 9.18 Å². The van der Waals surface area contributed by atoms with Gasteiger partial charge in [0.1, 0.15) is 10.7 Å². The fourth-order valence-corrected chi connectivity index (χ4v) is 2.22. The Labute approximate surface area is 108 Å². The van der Waals surface area contributed by atoms with Crippen molar-refractivity contribution in [3.63, 3.8) is 0 Å². The van der Waals surface area contributed by atoms with Gasteiger partial charge in [0.15, 0.2) is 0 Å². The van der Waals surface area contributed by atoms with Crippen molar-refractivity contribution in [3.05, 3.63) is 45.9 Å². The minimum absolute atomic E-state index is 0.0649. The molecule has 94 valence electrons. The molecule has 2 aromatic rings. The van der Waals surface area contributed by atoms with E-state index in [1.54, 1.807) is 6.20 Å². The number of nitrogens with one attached hydrogen (secondary N) is 1. The number of hydrogen-bond acceptors (Lipinski definition) is 4. The largest absolute Gasteiger partial charge is 0.342 e. The molecule has 0 aliphatic carbocycles. The van der Waals surface area contributed by atoms with E-state index in [-0.39, 0.29) is 11.7 Å². The van der Waals surface area contributed by atoms with E-state index in [0.29, 0.717) is 0 Å². The Morgan fingerprint density at radius 3 is 2.89 bits per heavy atom. The lowest BCUT2D eigenvalue weighted by molar-refractivity contribution is 0.0933. The van der Waals surface area contributed by atoms with E-state index in [4.69, 9.17) is 0 Å². The van der Waals surface area contributed by atoms with Crippen LogP contribution in [-0.2, 0) is 0 Å². The maximum atomic E-state index is 12.9. The number of aromatic nitrogens is 2. The molecule has 18 heavy (non-hydrogen) atoms. The van der Waals surface area contributed by atoms with E-state index < -0.39 is 11.9 Å². The molecule has 0 saturated carbocycles. The molecular formula is C12H12FN3OS. The smallest absolute Gasteiger partial charge is 0.270 e. The first-order chi connectivity index (χ1) is 8.56. The molecule has 2 rings (SSSR count). The summed E-state index contributed by atoms with van der Waals surface area (Å²) in [7, 11) is 0.